The average molecular weight is 197 g/mol. The molecule has 4 nitrogen and oxygen atoms in total. The molecule has 1 saturated heterocycles. The first-order valence-corrected chi connectivity index (χ1v) is 5.04. The summed E-state index contributed by atoms with van der Waals surface area (Å²) in [5, 5.41) is 12.2. The topological polar surface area (TPSA) is 58.6 Å². The molecule has 2 unspecified atom stereocenters. The van der Waals surface area contributed by atoms with E-state index in [0.29, 0.717) is 12.5 Å². The first kappa shape index (κ1) is 9.52. The molecule has 2 rings (SSSR count). The maximum atomic E-state index is 11.0. The van der Waals surface area contributed by atoms with E-state index in [4.69, 9.17) is 4.74 Å². The Morgan fingerprint density at radius 3 is 3.21 bits per heavy atom. The van der Waals surface area contributed by atoms with Crippen LogP contribution in [0.25, 0.3) is 0 Å². The van der Waals surface area contributed by atoms with Crippen LogP contribution in [0.2, 0.25) is 0 Å². The Labute approximate surface area is 82.9 Å². The Bertz CT molecular complexity index is 252. The summed E-state index contributed by atoms with van der Waals surface area (Å²) in [6.07, 6.45) is 5.52. The summed E-state index contributed by atoms with van der Waals surface area (Å²) in [7, 11) is 0. The van der Waals surface area contributed by atoms with Crippen LogP contribution in [-0.4, -0.2) is 30.0 Å². The second-order valence-electron chi connectivity index (χ2n) is 3.92. The minimum Gasteiger partial charge on any atom is -0.449 e. The Hall–Kier alpha value is -1.03. The van der Waals surface area contributed by atoms with E-state index in [1.165, 1.54) is 0 Å². The molecule has 78 valence electrons. The van der Waals surface area contributed by atoms with Crippen LogP contribution in [0.15, 0.2) is 12.2 Å². The highest BCUT2D eigenvalue weighted by Gasteiger charge is 2.29. The van der Waals surface area contributed by atoms with E-state index in [1.807, 2.05) is 6.08 Å². The van der Waals surface area contributed by atoms with Crippen LogP contribution in [0.4, 0.5) is 4.79 Å². The summed E-state index contributed by atoms with van der Waals surface area (Å²) < 4.78 is 4.92. The monoisotopic (exact) mass is 197 g/mol. The molecule has 1 amide bonds. The number of ether oxygens (including phenoxy) is 1. The summed E-state index contributed by atoms with van der Waals surface area (Å²) >= 11 is 0. The zero-order valence-electron chi connectivity index (χ0n) is 7.98. The zero-order chi connectivity index (χ0) is 9.97. The lowest BCUT2D eigenvalue weighted by Crippen LogP contribution is -2.48. The fourth-order valence-corrected chi connectivity index (χ4v) is 2.01. The van der Waals surface area contributed by atoms with Gasteiger partial charge in [0.25, 0.3) is 0 Å². The van der Waals surface area contributed by atoms with Crippen LogP contribution >= 0.6 is 0 Å². The van der Waals surface area contributed by atoms with Gasteiger partial charge < -0.3 is 15.2 Å². The third kappa shape index (κ3) is 2.07. The predicted octanol–water partition coefficient (Wildman–Crippen LogP) is 0.812. The number of amides is 1. The summed E-state index contributed by atoms with van der Waals surface area (Å²) in [6.45, 7) is 0.483. The minimum absolute atomic E-state index is 0.181. The van der Waals surface area contributed by atoms with Gasteiger partial charge in [0.2, 0.25) is 0 Å². The molecule has 0 aromatic heterocycles. The molecule has 14 heavy (non-hydrogen) atoms. The molecule has 1 aliphatic heterocycles. The maximum absolute atomic E-state index is 11.0. The molecule has 0 aromatic rings. The number of hydrogen-bond donors (Lipinski definition) is 2. The molecule has 1 aliphatic carbocycles. The van der Waals surface area contributed by atoms with Gasteiger partial charge in [0, 0.05) is 12.0 Å². The Balaban J connectivity index is 2.03. The van der Waals surface area contributed by atoms with Crippen molar-refractivity contribution in [3.63, 3.8) is 0 Å². The van der Waals surface area contributed by atoms with Gasteiger partial charge in [0.05, 0.1) is 12.7 Å². The van der Waals surface area contributed by atoms with E-state index in [-0.39, 0.29) is 18.2 Å². The minimum atomic E-state index is -0.339. The number of fused-ring (bicyclic) bond motifs is 1. The van der Waals surface area contributed by atoms with Gasteiger partial charge in [-0.15, -0.1) is 0 Å². The van der Waals surface area contributed by atoms with E-state index >= 15 is 0 Å². The second-order valence-corrected chi connectivity index (χ2v) is 3.92. The van der Waals surface area contributed by atoms with Crippen LogP contribution in [0, 0.1) is 5.92 Å². The number of cyclic esters (lactones) is 1. The van der Waals surface area contributed by atoms with E-state index in [1.54, 1.807) is 6.08 Å². The molecule has 2 N–H and O–H groups in total. The number of carbonyl (C=O) groups excluding carboxylic acids is 1. The summed E-state index contributed by atoms with van der Waals surface area (Å²) in [5.74, 6) is 0.340. The quantitative estimate of drug-likeness (QED) is 0.565. The fraction of sp³-hybridized carbons (Fsp3) is 0.700. The molecular weight excluding hydrogens is 182 g/mol. The molecule has 3 atom stereocenters. The number of alkyl carbamates (subject to hydrolysis) is 1. The second kappa shape index (κ2) is 4.00. The normalized spacial score (nSPS) is 39.8. The van der Waals surface area contributed by atoms with E-state index in [9.17, 15) is 9.90 Å². The Kier molecular flexibility index (Phi) is 2.72. The smallest absolute Gasteiger partial charge is 0.407 e. The zero-order valence-corrected chi connectivity index (χ0v) is 7.98. The van der Waals surface area contributed by atoms with Crippen LogP contribution in [0.1, 0.15) is 19.3 Å². The number of hydrogen-bond acceptors (Lipinski definition) is 3. The number of aliphatic hydroxyl groups is 1. The standard InChI is InChI=1S/C10H15NO3/c12-8-2-1-3-9-7(4-5-8)6-14-10(13)11-9/h1-2,7-9,12H,3-6H2,(H,11,13)/b2-1-/t7?,8-,9?/m0/s1. The lowest BCUT2D eigenvalue weighted by Gasteiger charge is -2.32. The number of aliphatic hydroxyl groups excluding tert-OH is 1. The molecule has 0 spiro atoms. The molecule has 2 aliphatic rings. The molecule has 1 fully saturated rings. The fourth-order valence-electron chi connectivity index (χ4n) is 2.01. The maximum Gasteiger partial charge on any atom is 0.407 e. The molecule has 4 heteroatoms. The van der Waals surface area contributed by atoms with Crippen molar-refractivity contribution >= 4 is 6.09 Å². The van der Waals surface area contributed by atoms with E-state index in [2.05, 4.69) is 5.32 Å². The summed E-state index contributed by atoms with van der Waals surface area (Å²) in [4.78, 5) is 11.0. The molecule has 0 bridgehead atoms. The lowest BCUT2D eigenvalue weighted by molar-refractivity contribution is 0.0706. The molecule has 0 aromatic carbocycles. The molecule has 0 saturated carbocycles. The van der Waals surface area contributed by atoms with Gasteiger partial charge in [0.1, 0.15) is 0 Å². The van der Waals surface area contributed by atoms with Crippen molar-refractivity contribution in [2.45, 2.75) is 31.4 Å². The highest BCUT2D eigenvalue weighted by Crippen LogP contribution is 2.22. The number of carbonyl (C=O) groups is 1. The summed E-state index contributed by atoms with van der Waals surface area (Å²) in [5.41, 5.74) is 0. The number of nitrogens with one attached hydrogen (secondary N) is 1. The van der Waals surface area contributed by atoms with Crippen molar-refractivity contribution in [3.05, 3.63) is 12.2 Å². The lowest BCUT2D eigenvalue weighted by atomic mass is 9.88. The molecule has 1 heterocycles. The van der Waals surface area contributed by atoms with Gasteiger partial charge in [0.15, 0.2) is 0 Å². The van der Waals surface area contributed by atoms with Gasteiger partial charge in [-0.3, -0.25) is 0 Å². The van der Waals surface area contributed by atoms with Crippen molar-refractivity contribution in [3.8, 4) is 0 Å². The van der Waals surface area contributed by atoms with Crippen molar-refractivity contribution < 1.29 is 14.6 Å². The van der Waals surface area contributed by atoms with Gasteiger partial charge in [-0.05, 0) is 19.3 Å². The average Bonchev–Trinajstić information content (AvgIpc) is 2.13. The third-order valence-electron chi connectivity index (χ3n) is 2.88. The van der Waals surface area contributed by atoms with Crippen LogP contribution in [0.5, 0.6) is 0 Å². The van der Waals surface area contributed by atoms with Crippen LogP contribution < -0.4 is 5.32 Å². The number of rotatable bonds is 0. The highest BCUT2D eigenvalue weighted by atomic mass is 16.6. The van der Waals surface area contributed by atoms with Gasteiger partial charge >= 0.3 is 6.09 Å². The van der Waals surface area contributed by atoms with Crippen LogP contribution in [0.3, 0.4) is 0 Å². The van der Waals surface area contributed by atoms with Crippen molar-refractivity contribution in [2.24, 2.45) is 5.92 Å². The first-order chi connectivity index (χ1) is 6.75. The van der Waals surface area contributed by atoms with Crippen molar-refractivity contribution in [1.29, 1.82) is 0 Å². The largest absolute Gasteiger partial charge is 0.449 e. The van der Waals surface area contributed by atoms with E-state index in [0.717, 1.165) is 19.3 Å². The van der Waals surface area contributed by atoms with Gasteiger partial charge in [-0.2, -0.15) is 0 Å². The van der Waals surface area contributed by atoms with Crippen molar-refractivity contribution in [1.82, 2.24) is 5.32 Å². The van der Waals surface area contributed by atoms with Gasteiger partial charge in [-0.25, -0.2) is 4.79 Å². The highest BCUT2D eigenvalue weighted by molar-refractivity contribution is 5.68. The first-order valence-electron chi connectivity index (χ1n) is 5.04. The van der Waals surface area contributed by atoms with Crippen molar-refractivity contribution in [2.75, 3.05) is 6.61 Å². The Morgan fingerprint density at radius 2 is 2.36 bits per heavy atom. The Morgan fingerprint density at radius 1 is 1.50 bits per heavy atom. The summed E-state index contributed by atoms with van der Waals surface area (Å²) in [6, 6.07) is 0.181. The molecule has 0 radical (unpaired) electrons. The SMILES string of the molecule is O=C1NC2C/C=C\[C@H](O)CCC2CO1. The van der Waals surface area contributed by atoms with Gasteiger partial charge in [-0.1, -0.05) is 12.2 Å². The third-order valence-corrected chi connectivity index (χ3v) is 2.88. The van der Waals surface area contributed by atoms with E-state index < -0.39 is 0 Å². The predicted molar refractivity (Wildman–Crippen MR) is 50.8 cm³/mol. The van der Waals surface area contributed by atoms with Crippen LogP contribution in [-0.2, 0) is 4.74 Å². The molecular formula is C10H15NO3.